The molecule has 6 heteroatoms. The van der Waals surface area contributed by atoms with E-state index in [1.165, 1.54) is 11.3 Å². The Balaban J connectivity index is 1.63. The Morgan fingerprint density at radius 2 is 2.25 bits per heavy atom. The molecule has 0 aliphatic heterocycles. The van der Waals surface area contributed by atoms with E-state index in [0.717, 1.165) is 33.3 Å². The van der Waals surface area contributed by atoms with Crippen molar-refractivity contribution in [1.82, 2.24) is 15.3 Å². The number of aromatic nitrogens is 2. The number of amides is 1. The van der Waals surface area contributed by atoms with E-state index in [-0.39, 0.29) is 18.4 Å². The number of carbonyl (C=O) groups is 1. The van der Waals surface area contributed by atoms with Crippen molar-refractivity contribution in [3.63, 3.8) is 0 Å². The summed E-state index contributed by atoms with van der Waals surface area (Å²) in [5.74, 6) is 1.64. The lowest BCUT2D eigenvalue weighted by Crippen LogP contribution is -2.28. The summed E-state index contributed by atoms with van der Waals surface area (Å²) in [6, 6.07) is 5.71. The molecular formula is C18H19N3O2S. The van der Waals surface area contributed by atoms with Crippen molar-refractivity contribution in [2.75, 3.05) is 0 Å². The minimum absolute atomic E-state index is 0.0520. The predicted octanol–water partition coefficient (Wildman–Crippen LogP) is 3.83. The molecule has 5 nitrogen and oxygen atoms in total. The molecule has 24 heavy (non-hydrogen) atoms. The quantitative estimate of drug-likeness (QED) is 0.766. The van der Waals surface area contributed by atoms with Crippen LogP contribution in [-0.2, 0) is 11.2 Å². The molecule has 3 aromatic rings. The maximum Gasteiger partial charge on any atom is 0.226 e. The normalized spacial score (nSPS) is 12.1. The summed E-state index contributed by atoms with van der Waals surface area (Å²) in [6.07, 6.45) is 3.76. The van der Waals surface area contributed by atoms with Crippen molar-refractivity contribution in [2.24, 2.45) is 0 Å². The molecule has 0 saturated carbocycles. The maximum atomic E-state index is 12.3. The maximum absolute atomic E-state index is 12.3. The van der Waals surface area contributed by atoms with Crippen molar-refractivity contribution in [2.45, 2.75) is 33.2 Å². The largest absolute Gasteiger partial charge is 0.466 e. The second-order valence-electron chi connectivity index (χ2n) is 5.72. The van der Waals surface area contributed by atoms with Crippen LogP contribution >= 0.6 is 11.3 Å². The van der Waals surface area contributed by atoms with Gasteiger partial charge in [-0.3, -0.25) is 9.78 Å². The standard InChI is InChI=1S/C18H19N3O2S/c1-11-7-16(13(3)23-11)12(2)20-17(22)8-15-10-24-18(21-15)14-5-4-6-19-9-14/h4-7,9-10,12H,8H2,1-3H3,(H,20,22)/t12-/m1/s1. The first-order chi connectivity index (χ1) is 11.5. The summed E-state index contributed by atoms with van der Waals surface area (Å²) in [5.41, 5.74) is 2.74. The van der Waals surface area contributed by atoms with Crippen LogP contribution < -0.4 is 5.32 Å². The first-order valence-electron chi connectivity index (χ1n) is 7.74. The zero-order valence-electron chi connectivity index (χ0n) is 13.9. The van der Waals surface area contributed by atoms with E-state index in [9.17, 15) is 4.79 Å². The van der Waals surface area contributed by atoms with Crippen LogP contribution in [0.5, 0.6) is 0 Å². The van der Waals surface area contributed by atoms with Gasteiger partial charge in [0.25, 0.3) is 0 Å². The van der Waals surface area contributed by atoms with Crippen molar-refractivity contribution < 1.29 is 9.21 Å². The Kier molecular flexibility index (Phi) is 4.76. The number of pyridine rings is 1. The van der Waals surface area contributed by atoms with Gasteiger partial charge in [-0.2, -0.15) is 0 Å². The monoisotopic (exact) mass is 341 g/mol. The predicted molar refractivity (Wildman–Crippen MR) is 93.8 cm³/mol. The van der Waals surface area contributed by atoms with Gasteiger partial charge in [-0.15, -0.1) is 11.3 Å². The number of furan rings is 1. The van der Waals surface area contributed by atoms with Crippen molar-refractivity contribution in [3.05, 3.63) is 58.8 Å². The van der Waals surface area contributed by atoms with Gasteiger partial charge < -0.3 is 9.73 Å². The molecule has 0 bridgehead atoms. The van der Waals surface area contributed by atoms with E-state index >= 15 is 0 Å². The fourth-order valence-electron chi connectivity index (χ4n) is 2.63. The molecule has 0 fully saturated rings. The molecule has 1 atom stereocenters. The first-order valence-corrected chi connectivity index (χ1v) is 8.62. The van der Waals surface area contributed by atoms with Gasteiger partial charge in [-0.25, -0.2) is 4.98 Å². The van der Waals surface area contributed by atoms with Crippen molar-refractivity contribution >= 4 is 17.2 Å². The lowest BCUT2D eigenvalue weighted by Gasteiger charge is -2.12. The van der Waals surface area contributed by atoms with Crippen LogP contribution in [0.3, 0.4) is 0 Å². The minimum Gasteiger partial charge on any atom is -0.466 e. The molecule has 3 aromatic heterocycles. The summed E-state index contributed by atoms with van der Waals surface area (Å²) in [6.45, 7) is 5.77. The smallest absolute Gasteiger partial charge is 0.226 e. The van der Waals surface area contributed by atoms with Crippen molar-refractivity contribution in [1.29, 1.82) is 0 Å². The third-order valence-corrected chi connectivity index (χ3v) is 4.67. The number of thiazole rings is 1. The Bertz CT molecular complexity index is 839. The Morgan fingerprint density at radius 1 is 1.42 bits per heavy atom. The highest BCUT2D eigenvalue weighted by Gasteiger charge is 2.16. The average molecular weight is 341 g/mol. The molecule has 0 aromatic carbocycles. The van der Waals surface area contributed by atoms with E-state index < -0.39 is 0 Å². The number of rotatable bonds is 5. The van der Waals surface area contributed by atoms with Gasteiger partial charge >= 0.3 is 0 Å². The highest BCUT2D eigenvalue weighted by atomic mass is 32.1. The Hall–Kier alpha value is -2.47. The molecule has 3 rings (SSSR count). The van der Waals surface area contributed by atoms with Crippen LogP contribution in [0, 0.1) is 13.8 Å². The molecule has 0 unspecified atom stereocenters. The summed E-state index contributed by atoms with van der Waals surface area (Å²) < 4.78 is 5.52. The molecule has 0 aliphatic rings. The summed E-state index contributed by atoms with van der Waals surface area (Å²) in [5, 5.41) is 5.79. The van der Waals surface area contributed by atoms with Gasteiger partial charge in [-0.1, -0.05) is 0 Å². The topological polar surface area (TPSA) is 68.0 Å². The summed E-state index contributed by atoms with van der Waals surface area (Å²) >= 11 is 1.52. The van der Waals surface area contributed by atoms with Gasteiger partial charge in [-0.05, 0) is 39.0 Å². The SMILES string of the molecule is Cc1cc([C@@H](C)NC(=O)Cc2csc(-c3cccnc3)n2)c(C)o1. The lowest BCUT2D eigenvalue weighted by molar-refractivity contribution is -0.121. The molecular weight excluding hydrogens is 322 g/mol. The average Bonchev–Trinajstić information content (AvgIpc) is 3.14. The number of carbonyl (C=O) groups excluding carboxylic acids is 1. The highest BCUT2D eigenvalue weighted by Crippen LogP contribution is 2.24. The third kappa shape index (κ3) is 3.71. The molecule has 0 spiro atoms. The second-order valence-corrected chi connectivity index (χ2v) is 6.58. The Morgan fingerprint density at radius 3 is 2.92 bits per heavy atom. The molecule has 124 valence electrons. The molecule has 3 heterocycles. The highest BCUT2D eigenvalue weighted by molar-refractivity contribution is 7.13. The number of nitrogens with zero attached hydrogens (tertiary/aromatic N) is 2. The molecule has 0 radical (unpaired) electrons. The van der Waals surface area contributed by atoms with Crippen LogP contribution in [0.2, 0.25) is 0 Å². The summed E-state index contributed by atoms with van der Waals surface area (Å²) in [7, 11) is 0. The van der Waals surface area contributed by atoms with E-state index in [2.05, 4.69) is 15.3 Å². The number of hydrogen-bond donors (Lipinski definition) is 1. The zero-order valence-corrected chi connectivity index (χ0v) is 14.7. The molecule has 0 saturated heterocycles. The van der Waals surface area contributed by atoms with E-state index in [0.29, 0.717) is 0 Å². The van der Waals surface area contributed by atoms with Gasteiger partial charge in [0, 0.05) is 28.9 Å². The summed E-state index contributed by atoms with van der Waals surface area (Å²) in [4.78, 5) is 20.9. The zero-order chi connectivity index (χ0) is 17.1. The molecule has 1 amide bonds. The van der Waals surface area contributed by atoms with E-state index in [1.54, 1.807) is 12.4 Å². The van der Waals surface area contributed by atoms with Crippen molar-refractivity contribution in [3.8, 4) is 10.6 Å². The first kappa shape index (κ1) is 16.4. The molecule has 1 N–H and O–H groups in total. The number of aryl methyl sites for hydroxylation is 2. The lowest BCUT2D eigenvalue weighted by atomic mass is 10.1. The van der Waals surface area contributed by atoms with Crippen LogP contribution in [0.15, 0.2) is 40.4 Å². The van der Waals surface area contributed by atoms with Crippen LogP contribution in [0.4, 0.5) is 0 Å². The fraction of sp³-hybridized carbons (Fsp3) is 0.278. The van der Waals surface area contributed by atoms with Gasteiger partial charge in [0.15, 0.2) is 0 Å². The molecule has 0 aliphatic carbocycles. The van der Waals surface area contributed by atoms with Crippen LogP contribution in [0.25, 0.3) is 10.6 Å². The van der Waals surface area contributed by atoms with Crippen LogP contribution in [-0.4, -0.2) is 15.9 Å². The third-order valence-electron chi connectivity index (χ3n) is 3.73. The van der Waals surface area contributed by atoms with E-state index in [1.807, 2.05) is 44.4 Å². The van der Waals surface area contributed by atoms with E-state index in [4.69, 9.17) is 4.42 Å². The number of hydrogen-bond acceptors (Lipinski definition) is 5. The van der Waals surface area contributed by atoms with Crippen LogP contribution in [0.1, 0.15) is 35.7 Å². The van der Waals surface area contributed by atoms with Gasteiger partial charge in [0.1, 0.15) is 16.5 Å². The second kappa shape index (κ2) is 6.97. The fourth-order valence-corrected chi connectivity index (χ4v) is 3.44. The number of nitrogens with one attached hydrogen (secondary N) is 1. The minimum atomic E-state index is -0.0913. The van der Waals surface area contributed by atoms with Gasteiger partial charge in [0.05, 0.1) is 18.2 Å². The Labute approximate surface area is 144 Å². The van der Waals surface area contributed by atoms with Gasteiger partial charge in [0.2, 0.25) is 5.91 Å².